The maximum atomic E-state index is 5.76. The van der Waals surface area contributed by atoms with Gasteiger partial charge >= 0.3 is 0 Å². The zero-order valence-electron chi connectivity index (χ0n) is 6.84. The highest BCUT2D eigenvalue weighted by molar-refractivity contribution is 7.99. The van der Waals surface area contributed by atoms with Gasteiger partial charge in [0, 0.05) is 0 Å². The molecule has 0 spiro atoms. The van der Waals surface area contributed by atoms with Crippen LogP contribution in [0.4, 0.5) is 0 Å². The third-order valence-electron chi connectivity index (χ3n) is 2.29. The van der Waals surface area contributed by atoms with Crippen LogP contribution in [0.3, 0.4) is 0 Å². The minimum atomic E-state index is 0.426. The van der Waals surface area contributed by atoms with Gasteiger partial charge in [-0.1, -0.05) is 13.8 Å². The molecular formula is C8H17NS. The van der Waals surface area contributed by atoms with Gasteiger partial charge in [-0.2, -0.15) is 0 Å². The van der Waals surface area contributed by atoms with E-state index in [0.717, 1.165) is 11.8 Å². The van der Waals surface area contributed by atoms with E-state index in [0.29, 0.717) is 5.37 Å². The van der Waals surface area contributed by atoms with Crippen molar-refractivity contribution >= 4 is 11.8 Å². The first-order valence-corrected chi connectivity index (χ1v) is 5.12. The molecule has 10 heavy (non-hydrogen) atoms. The molecule has 1 nitrogen and oxygen atoms in total. The van der Waals surface area contributed by atoms with Crippen molar-refractivity contribution in [3.63, 3.8) is 0 Å². The van der Waals surface area contributed by atoms with Gasteiger partial charge in [0.1, 0.15) is 0 Å². The Kier molecular flexibility index (Phi) is 3.05. The molecule has 1 aliphatic rings. The van der Waals surface area contributed by atoms with E-state index in [1.54, 1.807) is 0 Å². The molecule has 0 saturated carbocycles. The Bertz CT molecular complexity index is 95.4. The second-order valence-corrected chi connectivity index (χ2v) is 4.73. The van der Waals surface area contributed by atoms with Crippen molar-refractivity contribution in [1.82, 2.24) is 0 Å². The first-order valence-electron chi connectivity index (χ1n) is 4.07. The lowest BCUT2D eigenvalue weighted by molar-refractivity contribution is 0.377. The molecule has 0 aromatic carbocycles. The molecule has 0 bridgehead atoms. The van der Waals surface area contributed by atoms with Crippen LogP contribution in [0, 0.1) is 11.8 Å². The number of thioether (sulfide) groups is 1. The smallest absolute Gasteiger partial charge is 0.0507 e. The monoisotopic (exact) mass is 159 g/mol. The maximum Gasteiger partial charge on any atom is 0.0507 e. The lowest BCUT2D eigenvalue weighted by Gasteiger charge is -2.28. The van der Waals surface area contributed by atoms with Crippen LogP contribution in [0.5, 0.6) is 0 Å². The third kappa shape index (κ3) is 2.17. The van der Waals surface area contributed by atoms with Crippen molar-refractivity contribution < 1.29 is 0 Å². The summed E-state index contributed by atoms with van der Waals surface area (Å²) in [6.45, 7) is 4.62. The van der Waals surface area contributed by atoms with Gasteiger partial charge in [-0.05, 0) is 30.4 Å². The minimum Gasteiger partial charge on any atom is -0.319 e. The van der Waals surface area contributed by atoms with Gasteiger partial charge < -0.3 is 5.73 Å². The Balaban J connectivity index is 2.26. The maximum absolute atomic E-state index is 5.76. The summed E-state index contributed by atoms with van der Waals surface area (Å²) in [4.78, 5) is 0. The van der Waals surface area contributed by atoms with E-state index in [4.69, 9.17) is 5.73 Å². The molecule has 0 aromatic heterocycles. The topological polar surface area (TPSA) is 26.0 Å². The fourth-order valence-corrected chi connectivity index (χ4v) is 2.67. The fourth-order valence-electron chi connectivity index (χ4n) is 1.32. The normalized spacial score (nSPS) is 34.8. The molecule has 0 amide bonds. The van der Waals surface area contributed by atoms with E-state index in [9.17, 15) is 0 Å². The van der Waals surface area contributed by atoms with Crippen molar-refractivity contribution in [2.45, 2.75) is 32.1 Å². The summed E-state index contributed by atoms with van der Waals surface area (Å²) in [6.07, 6.45) is 2.55. The summed E-state index contributed by atoms with van der Waals surface area (Å²) in [5.41, 5.74) is 5.76. The van der Waals surface area contributed by atoms with Crippen LogP contribution in [0.1, 0.15) is 26.7 Å². The molecular weight excluding hydrogens is 142 g/mol. The van der Waals surface area contributed by atoms with E-state index < -0.39 is 0 Å². The Morgan fingerprint density at radius 3 is 2.50 bits per heavy atom. The lowest BCUT2D eigenvalue weighted by Crippen LogP contribution is -2.26. The zero-order valence-corrected chi connectivity index (χ0v) is 7.66. The van der Waals surface area contributed by atoms with Gasteiger partial charge in [0.25, 0.3) is 0 Å². The number of hydrogen-bond donors (Lipinski definition) is 1. The molecule has 1 aliphatic heterocycles. The van der Waals surface area contributed by atoms with Crippen LogP contribution in [0.25, 0.3) is 0 Å². The average molecular weight is 159 g/mol. The second-order valence-electron chi connectivity index (χ2n) is 3.45. The molecule has 2 N–H and O–H groups in total. The number of hydrogen-bond acceptors (Lipinski definition) is 2. The van der Waals surface area contributed by atoms with Crippen molar-refractivity contribution in [2.75, 3.05) is 5.75 Å². The van der Waals surface area contributed by atoms with E-state index in [-0.39, 0.29) is 0 Å². The van der Waals surface area contributed by atoms with Gasteiger partial charge in [0.2, 0.25) is 0 Å². The third-order valence-corrected chi connectivity index (χ3v) is 3.57. The Labute approximate surface area is 67.8 Å². The first kappa shape index (κ1) is 8.41. The molecule has 2 heteroatoms. The summed E-state index contributed by atoms with van der Waals surface area (Å²) >= 11 is 1.93. The lowest BCUT2D eigenvalue weighted by atomic mass is 9.93. The Morgan fingerprint density at radius 2 is 2.10 bits per heavy atom. The number of nitrogens with two attached hydrogens (primary N) is 1. The largest absolute Gasteiger partial charge is 0.319 e. The van der Waals surface area contributed by atoms with Crippen LogP contribution in [-0.4, -0.2) is 11.1 Å². The standard InChI is InChI=1S/C8H17NS/c1-6(2)7-3-4-8(9)10-5-7/h6-8H,3-5,9H2,1-2H3. The van der Waals surface area contributed by atoms with Gasteiger partial charge in [-0.15, -0.1) is 11.8 Å². The van der Waals surface area contributed by atoms with Crippen LogP contribution in [0.2, 0.25) is 0 Å². The van der Waals surface area contributed by atoms with Crippen molar-refractivity contribution in [3.8, 4) is 0 Å². The molecule has 0 radical (unpaired) electrons. The highest BCUT2D eigenvalue weighted by atomic mass is 32.2. The molecule has 1 heterocycles. The average Bonchev–Trinajstić information content (AvgIpc) is 1.88. The van der Waals surface area contributed by atoms with E-state index in [1.165, 1.54) is 18.6 Å². The second kappa shape index (κ2) is 3.63. The Morgan fingerprint density at radius 1 is 1.40 bits per heavy atom. The van der Waals surface area contributed by atoms with Crippen molar-refractivity contribution in [1.29, 1.82) is 0 Å². The molecule has 1 rings (SSSR count). The van der Waals surface area contributed by atoms with Crippen molar-refractivity contribution in [2.24, 2.45) is 17.6 Å². The SMILES string of the molecule is CC(C)C1CCC(N)SC1. The molecule has 0 aromatic rings. The van der Waals surface area contributed by atoms with Gasteiger partial charge in [-0.25, -0.2) is 0 Å². The van der Waals surface area contributed by atoms with E-state index in [1.807, 2.05) is 11.8 Å². The summed E-state index contributed by atoms with van der Waals surface area (Å²) < 4.78 is 0. The molecule has 1 saturated heterocycles. The van der Waals surface area contributed by atoms with Crippen LogP contribution >= 0.6 is 11.8 Å². The fraction of sp³-hybridized carbons (Fsp3) is 1.00. The minimum absolute atomic E-state index is 0.426. The molecule has 60 valence electrons. The predicted octanol–water partition coefficient (Wildman–Crippen LogP) is 2.07. The predicted molar refractivity (Wildman–Crippen MR) is 48.0 cm³/mol. The van der Waals surface area contributed by atoms with Crippen LogP contribution < -0.4 is 5.73 Å². The van der Waals surface area contributed by atoms with E-state index in [2.05, 4.69) is 13.8 Å². The van der Waals surface area contributed by atoms with Gasteiger partial charge in [-0.3, -0.25) is 0 Å². The highest BCUT2D eigenvalue weighted by Gasteiger charge is 2.20. The summed E-state index contributed by atoms with van der Waals surface area (Å²) in [7, 11) is 0. The summed E-state index contributed by atoms with van der Waals surface area (Å²) in [5, 5.41) is 0.426. The molecule has 2 unspecified atom stereocenters. The Hall–Kier alpha value is 0.310. The highest BCUT2D eigenvalue weighted by Crippen LogP contribution is 2.30. The van der Waals surface area contributed by atoms with Crippen LogP contribution in [0.15, 0.2) is 0 Å². The molecule has 1 fully saturated rings. The van der Waals surface area contributed by atoms with Gasteiger partial charge in [0.05, 0.1) is 5.37 Å². The van der Waals surface area contributed by atoms with Crippen molar-refractivity contribution in [3.05, 3.63) is 0 Å². The summed E-state index contributed by atoms with van der Waals surface area (Å²) in [5.74, 6) is 3.04. The van der Waals surface area contributed by atoms with Crippen LogP contribution in [-0.2, 0) is 0 Å². The summed E-state index contributed by atoms with van der Waals surface area (Å²) in [6, 6.07) is 0. The van der Waals surface area contributed by atoms with E-state index >= 15 is 0 Å². The number of rotatable bonds is 1. The first-order chi connectivity index (χ1) is 4.70. The molecule has 2 atom stereocenters. The quantitative estimate of drug-likeness (QED) is 0.634. The van der Waals surface area contributed by atoms with Gasteiger partial charge in [0.15, 0.2) is 0 Å². The molecule has 0 aliphatic carbocycles. The zero-order chi connectivity index (χ0) is 7.56.